The van der Waals surface area contributed by atoms with Gasteiger partial charge in [-0.05, 0) is 83.8 Å². The first-order chi connectivity index (χ1) is 37.1. The Hall–Kier alpha value is -9.98. The van der Waals surface area contributed by atoms with E-state index in [1.54, 1.807) is 95.6 Å². The number of aromatic nitrogens is 6. The summed E-state index contributed by atoms with van der Waals surface area (Å²) in [5.74, 6) is -1.69. The Labute approximate surface area is 442 Å². The van der Waals surface area contributed by atoms with Gasteiger partial charge in [0.05, 0.1) is 54.1 Å². The van der Waals surface area contributed by atoms with Crippen LogP contribution >= 0.6 is 23.2 Å². The van der Waals surface area contributed by atoms with Gasteiger partial charge in [0.25, 0.3) is 22.5 Å². The molecule has 0 unspecified atom stereocenters. The van der Waals surface area contributed by atoms with Crippen molar-refractivity contribution < 1.29 is 24.5 Å². The summed E-state index contributed by atoms with van der Waals surface area (Å²) in [7, 11) is 0. The highest BCUT2D eigenvalue weighted by Gasteiger charge is 2.29. The number of benzene rings is 7. The smallest absolute Gasteiger partial charge is 0.354 e. The number of nitrogens with one attached hydrogen (secondary N) is 2. The first-order valence-corrected chi connectivity index (χ1v) is 24.2. The monoisotopic (exact) mass is 1070 g/mol. The van der Waals surface area contributed by atoms with E-state index in [-0.39, 0.29) is 80.6 Å². The lowest BCUT2D eigenvalue weighted by atomic mass is 10.0. The van der Waals surface area contributed by atoms with E-state index in [0.717, 1.165) is 14.7 Å². The Balaban J connectivity index is 0.000000178. The van der Waals surface area contributed by atoms with Crippen LogP contribution in [0.1, 0.15) is 44.1 Å². The molecule has 0 fully saturated rings. The van der Waals surface area contributed by atoms with Gasteiger partial charge in [-0.3, -0.25) is 34.6 Å². The van der Waals surface area contributed by atoms with Crippen molar-refractivity contribution in [2.24, 2.45) is 0 Å². The fourth-order valence-corrected chi connectivity index (χ4v) is 9.90. The highest BCUT2D eigenvalue weighted by Crippen LogP contribution is 2.35. The predicted octanol–water partition coefficient (Wildman–Crippen LogP) is 10.0. The van der Waals surface area contributed by atoms with E-state index >= 15 is 0 Å². The van der Waals surface area contributed by atoms with Gasteiger partial charge in [0, 0.05) is 64.6 Å². The van der Waals surface area contributed by atoms with Crippen LogP contribution in [-0.4, -0.2) is 54.9 Å². The molecule has 0 aliphatic carbocycles. The van der Waals surface area contributed by atoms with Crippen molar-refractivity contribution in [1.82, 2.24) is 28.2 Å². The van der Waals surface area contributed by atoms with Crippen molar-refractivity contribution in [3.8, 4) is 11.4 Å². The second-order valence-electron chi connectivity index (χ2n) is 17.7. The third kappa shape index (κ3) is 9.70. The molecule has 11 rings (SSSR count). The van der Waals surface area contributed by atoms with Crippen molar-refractivity contribution in [3.63, 3.8) is 0 Å². The number of Topliss-reactive ketones (excluding diaryl/α,β-unsaturated/α-hetero) is 1. The molecule has 0 amide bonds. The maximum atomic E-state index is 14.1. The van der Waals surface area contributed by atoms with Gasteiger partial charge in [-0.2, -0.15) is 0 Å². The van der Waals surface area contributed by atoms with Gasteiger partial charge in [0.1, 0.15) is 5.69 Å². The number of fused-ring (bicyclic) bond motifs is 4. The number of nitrogens with zero attached hydrogens (tertiary/aromatic N) is 6. The molecular formula is C56H38Cl2N8O11. The molecule has 4 heterocycles. The molecule has 0 spiro atoms. The van der Waals surface area contributed by atoms with Crippen molar-refractivity contribution in [3.05, 3.63) is 264 Å². The van der Waals surface area contributed by atoms with Crippen LogP contribution in [-0.2, 0) is 19.5 Å². The molecule has 11 aromatic rings. The third-order valence-corrected chi connectivity index (χ3v) is 13.4. The zero-order chi connectivity index (χ0) is 54.2. The van der Waals surface area contributed by atoms with Crippen LogP contribution in [0.4, 0.5) is 11.4 Å². The molecule has 7 aromatic carbocycles. The van der Waals surface area contributed by atoms with Gasteiger partial charge in [0.15, 0.2) is 11.5 Å². The Bertz CT molecular complexity index is 4500. The lowest BCUT2D eigenvalue weighted by Gasteiger charge is -2.13. The first kappa shape index (κ1) is 50.5. The second-order valence-corrected chi connectivity index (χ2v) is 18.6. The molecule has 0 saturated carbocycles. The molecule has 77 heavy (non-hydrogen) atoms. The van der Waals surface area contributed by atoms with E-state index in [1.807, 2.05) is 30.3 Å². The van der Waals surface area contributed by atoms with Crippen molar-refractivity contribution in [2.75, 3.05) is 0 Å². The van der Waals surface area contributed by atoms with Crippen molar-refractivity contribution in [2.45, 2.75) is 25.9 Å². The fraction of sp³-hybridized carbons (Fsp3) is 0.0714. The summed E-state index contributed by atoms with van der Waals surface area (Å²) in [6.07, 6.45) is 0.525. The molecule has 0 bridgehead atoms. The number of hydrogen-bond donors (Lipinski definition) is 3. The third-order valence-electron chi connectivity index (χ3n) is 12.9. The number of nitro groups is 2. The van der Waals surface area contributed by atoms with E-state index in [2.05, 4.69) is 9.97 Å². The average Bonchev–Trinajstić information content (AvgIpc) is 3.97. The molecule has 0 saturated heterocycles. The number of carboxylic acids is 1. The Morgan fingerprint density at radius 3 is 1.40 bits per heavy atom. The normalized spacial score (nSPS) is 11.2. The Morgan fingerprint density at radius 2 is 0.935 bits per heavy atom. The Morgan fingerprint density at radius 1 is 0.506 bits per heavy atom. The van der Waals surface area contributed by atoms with Gasteiger partial charge in [-0.25, -0.2) is 23.5 Å². The van der Waals surface area contributed by atoms with E-state index in [4.69, 9.17) is 23.2 Å². The number of aryl methyl sites for hydroxylation is 1. The van der Waals surface area contributed by atoms with Crippen LogP contribution in [0.15, 0.2) is 183 Å². The largest absolute Gasteiger partial charge is 0.477 e. The molecule has 0 atom stereocenters. The lowest BCUT2D eigenvalue weighted by Crippen LogP contribution is -2.34. The molecular weight excluding hydrogens is 1030 g/mol. The van der Waals surface area contributed by atoms with E-state index in [0.29, 0.717) is 50.0 Å². The molecule has 21 heteroatoms. The zero-order valence-corrected chi connectivity index (χ0v) is 41.4. The second kappa shape index (κ2) is 20.7. The minimum absolute atomic E-state index is 0.0678. The summed E-state index contributed by atoms with van der Waals surface area (Å²) in [5.41, 5.74) is 0.339. The topological polar surface area (TPSA) is 260 Å². The molecule has 382 valence electrons. The minimum Gasteiger partial charge on any atom is -0.477 e. The van der Waals surface area contributed by atoms with Gasteiger partial charge >= 0.3 is 17.3 Å². The summed E-state index contributed by atoms with van der Waals surface area (Å²) in [5, 5.41) is 34.7. The average molecular weight is 1070 g/mol. The number of carbonyl (C=O) groups is 2. The zero-order valence-electron chi connectivity index (χ0n) is 39.9. The van der Waals surface area contributed by atoms with E-state index in [9.17, 15) is 54.1 Å². The van der Waals surface area contributed by atoms with Gasteiger partial charge in [-0.15, -0.1) is 0 Å². The summed E-state index contributed by atoms with van der Waals surface area (Å²) in [6.45, 7) is 0.00808. The lowest BCUT2D eigenvalue weighted by molar-refractivity contribution is -0.385. The first-order valence-electron chi connectivity index (χ1n) is 23.5. The number of non-ortho nitro benzene ring substituents is 2. The van der Waals surface area contributed by atoms with Crippen molar-refractivity contribution in [1.29, 1.82) is 0 Å². The number of halogens is 2. The summed E-state index contributed by atoms with van der Waals surface area (Å²) >= 11 is 12.6. The number of rotatable bonds is 13. The summed E-state index contributed by atoms with van der Waals surface area (Å²) < 4.78 is 4.87. The maximum absolute atomic E-state index is 14.1. The van der Waals surface area contributed by atoms with E-state index < -0.39 is 38.3 Å². The summed E-state index contributed by atoms with van der Waals surface area (Å²) in [6, 6.07) is 44.1. The SMILES string of the molecule is O=C(CCc1ccccc1)c1c(-n2c(=O)[nH]c3ccccc3c2=O)c2cc(Cl)ccc2n1Cc1cccc([N+](=O)[O-])c1.O=C(O)c1c(-n2c(=O)[nH]c3ccccc3c2=O)c2cc(Cl)ccc2n1Cc1cccc([N+](=O)[O-])c1. The minimum atomic E-state index is -1.39. The molecule has 4 aromatic heterocycles. The van der Waals surface area contributed by atoms with Gasteiger partial charge in [0.2, 0.25) is 0 Å². The number of aromatic carboxylic acids is 1. The standard InChI is InChI=1S/C32H23ClN4O5.C24H15ClN4O6/c33-22-14-15-27-25(18-22)29(36-31(39)24-11-4-5-12-26(24)34-32(36)40)30(28(38)16-13-20-7-2-1-3-8-20)35(27)19-21-9-6-10-23(17-21)37(41)42;25-14-8-9-19-17(11-14)20(28-22(30)16-6-1-2-7-18(16)26-24(28)33)21(23(31)32)27(19)12-13-4-3-5-15(10-13)29(34)35/h1-12,14-15,17-18H,13,16,19H2,(H,34,40);1-11H,12H2,(H,26,33)(H,31,32). The number of hydrogen-bond acceptors (Lipinski definition) is 10. The van der Waals surface area contributed by atoms with Crippen LogP contribution in [0.3, 0.4) is 0 Å². The maximum Gasteiger partial charge on any atom is 0.354 e. The van der Waals surface area contributed by atoms with Crippen LogP contribution < -0.4 is 22.5 Å². The van der Waals surface area contributed by atoms with Crippen LogP contribution in [0, 0.1) is 20.2 Å². The summed E-state index contributed by atoms with van der Waals surface area (Å²) in [4.78, 5) is 107. The number of carbonyl (C=O) groups excluding carboxylic acids is 1. The number of aromatic amines is 2. The number of para-hydroxylation sites is 2. The molecule has 0 aliphatic rings. The highest BCUT2D eigenvalue weighted by molar-refractivity contribution is 6.32. The van der Waals surface area contributed by atoms with Gasteiger partial charge in [-0.1, -0.05) is 102 Å². The number of nitro benzene ring substituents is 2. The van der Waals surface area contributed by atoms with Crippen LogP contribution in [0.25, 0.3) is 55.0 Å². The van der Waals surface area contributed by atoms with E-state index in [1.165, 1.54) is 47.0 Å². The predicted molar refractivity (Wildman–Crippen MR) is 292 cm³/mol. The highest BCUT2D eigenvalue weighted by atomic mass is 35.5. The molecule has 0 aliphatic heterocycles. The number of ketones is 1. The van der Waals surface area contributed by atoms with Crippen LogP contribution in [0.5, 0.6) is 0 Å². The Kier molecular flexibility index (Phi) is 13.6. The van der Waals surface area contributed by atoms with Crippen molar-refractivity contribution >= 4 is 89.9 Å². The molecule has 19 nitrogen and oxygen atoms in total. The molecule has 0 radical (unpaired) electrons. The number of carboxylic acid groups (broad SMARTS) is 1. The molecule has 3 N–H and O–H groups in total. The van der Waals surface area contributed by atoms with Gasteiger partial charge < -0.3 is 24.2 Å². The van der Waals surface area contributed by atoms with Crippen LogP contribution in [0.2, 0.25) is 10.0 Å². The quantitative estimate of drug-likeness (QED) is 0.0556. The number of H-pyrrole nitrogens is 2. The fourth-order valence-electron chi connectivity index (χ4n) is 9.55.